The molecule has 118 valence electrons. The van der Waals surface area contributed by atoms with Crippen molar-refractivity contribution in [3.05, 3.63) is 29.8 Å². The summed E-state index contributed by atoms with van der Waals surface area (Å²) < 4.78 is 34.4. The highest BCUT2D eigenvalue weighted by molar-refractivity contribution is 5.56. The van der Waals surface area contributed by atoms with Gasteiger partial charge >= 0.3 is 6.61 Å². The Morgan fingerprint density at radius 2 is 2.00 bits per heavy atom. The van der Waals surface area contributed by atoms with Crippen LogP contribution in [0.3, 0.4) is 0 Å². The summed E-state index contributed by atoms with van der Waals surface area (Å²) in [6.07, 6.45) is 5.03. The number of nitrogens with one attached hydrogen (secondary N) is 1. The Labute approximate surface area is 124 Å². The highest BCUT2D eigenvalue weighted by Gasteiger charge is 2.10. The third-order valence-corrected chi connectivity index (χ3v) is 2.78. The van der Waals surface area contributed by atoms with Crippen molar-refractivity contribution in [2.24, 2.45) is 0 Å². The number of halogens is 2. The Kier molecular flexibility index (Phi) is 7.75. The number of hydrogen-bond acceptors (Lipinski definition) is 3. The smallest absolute Gasteiger partial charge is 0.387 e. The highest BCUT2D eigenvalue weighted by atomic mass is 19.3. The third-order valence-electron chi connectivity index (χ3n) is 2.78. The lowest BCUT2D eigenvalue weighted by Gasteiger charge is -2.12. The second-order valence-corrected chi connectivity index (χ2v) is 4.62. The fourth-order valence-electron chi connectivity index (χ4n) is 1.79. The van der Waals surface area contributed by atoms with E-state index in [2.05, 4.69) is 23.9 Å². The molecule has 1 rings (SSSR count). The average Bonchev–Trinajstić information content (AvgIpc) is 2.45. The Bertz CT molecular complexity index is 450. The average molecular weight is 299 g/mol. The lowest BCUT2D eigenvalue weighted by molar-refractivity contribution is -0.0514. The standard InChI is InChI=1S/C16H23F2NO2/c1-4-10-19-12(3)6-7-13-8-9-14(21-16(17)18)15(11-13)20-5-2/h6-9,11-12,16,19H,4-5,10H2,1-3H3/b7-6+. The normalized spacial score (nSPS) is 12.9. The van der Waals surface area contributed by atoms with E-state index in [1.54, 1.807) is 19.1 Å². The fraction of sp³-hybridized carbons (Fsp3) is 0.500. The molecule has 1 aromatic rings. The van der Waals surface area contributed by atoms with Crippen molar-refractivity contribution >= 4 is 6.08 Å². The molecule has 0 aliphatic rings. The number of alkyl halides is 2. The maximum Gasteiger partial charge on any atom is 0.387 e. The first kappa shape index (κ1) is 17.4. The predicted molar refractivity (Wildman–Crippen MR) is 81.0 cm³/mol. The molecule has 0 heterocycles. The Morgan fingerprint density at radius 1 is 1.24 bits per heavy atom. The van der Waals surface area contributed by atoms with Crippen molar-refractivity contribution in [2.45, 2.75) is 39.8 Å². The van der Waals surface area contributed by atoms with Crippen LogP contribution in [0.2, 0.25) is 0 Å². The summed E-state index contributed by atoms with van der Waals surface area (Å²) in [4.78, 5) is 0. The van der Waals surface area contributed by atoms with E-state index in [1.807, 2.05) is 12.2 Å². The molecule has 0 saturated carbocycles. The van der Waals surface area contributed by atoms with Crippen LogP contribution in [-0.4, -0.2) is 25.8 Å². The number of benzene rings is 1. The summed E-state index contributed by atoms with van der Waals surface area (Å²) in [5.41, 5.74) is 0.880. The van der Waals surface area contributed by atoms with Gasteiger partial charge in [-0.05, 0) is 44.5 Å². The minimum absolute atomic E-state index is 0.0566. The third kappa shape index (κ3) is 6.58. The molecule has 0 aliphatic carbocycles. The van der Waals surface area contributed by atoms with Gasteiger partial charge in [0.25, 0.3) is 0 Å². The van der Waals surface area contributed by atoms with Crippen molar-refractivity contribution in [1.29, 1.82) is 0 Å². The molecule has 0 bridgehead atoms. The van der Waals surface area contributed by atoms with Crippen molar-refractivity contribution in [2.75, 3.05) is 13.2 Å². The maximum atomic E-state index is 12.3. The molecule has 5 heteroatoms. The summed E-state index contributed by atoms with van der Waals surface area (Å²) in [5.74, 6) is 0.385. The molecule has 0 amide bonds. The summed E-state index contributed by atoms with van der Waals surface area (Å²) in [7, 11) is 0. The van der Waals surface area contributed by atoms with Crippen LogP contribution >= 0.6 is 0 Å². The molecule has 0 aromatic heterocycles. The fourth-order valence-corrected chi connectivity index (χ4v) is 1.79. The van der Waals surface area contributed by atoms with Crippen LogP contribution in [0, 0.1) is 0 Å². The molecule has 21 heavy (non-hydrogen) atoms. The van der Waals surface area contributed by atoms with Crippen molar-refractivity contribution in [3.63, 3.8) is 0 Å². The van der Waals surface area contributed by atoms with Gasteiger partial charge in [0.15, 0.2) is 11.5 Å². The molecule has 0 fully saturated rings. The molecule has 1 aromatic carbocycles. The minimum Gasteiger partial charge on any atom is -0.490 e. The maximum absolute atomic E-state index is 12.3. The minimum atomic E-state index is -2.86. The highest BCUT2D eigenvalue weighted by Crippen LogP contribution is 2.30. The van der Waals surface area contributed by atoms with Gasteiger partial charge < -0.3 is 14.8 Å². The van der Waals surface area contributed by atoms with Crippen LogP contribution in [0.1, 0.15) is 32.8 Å². The first-order valence-corrected chi connectivity index (χ1v) is 7.20. The number of rotatable bonds is 9. The molecular formula is C16H23F2NO2. The number of ether oxygens (including phenoxy) is 2. The molecular weight excluding hydrogens is 276 g/mol. The van der Waals surface area contributed by atoms with Gasteiger partial charge in [-0.25, -0.2) is 0 Å². The molecule has 1 atom stereocenters. The van der Waals surface area contributed by atoms with Crippen molar-refractivity contribution in [1.82, 2.24) is 5.32 Å². The summed E-state index contributed by atoms with van der Waals surface area (Å²) in [6, 6.07) is 5.17. The van der Waals surface area contributed by atoms with Crippen LogP contribution in [0.25, 0.3) is 6.08 Å². The summed E-state index contributed by atoms with van der Waals surface area (Å²) >= 11 is 0. The van der Waals surface area contributed by atoms with E-state index in [0.717, 1.165) is 18.5 Å². The number of hydrogen-bond donors (Lipinski definition) is 1. The molecule has 0 saturated heterocycles. The lowest BCUT2D eigenvalue weighted by Crippen LogP contribution is -2.24. The molecule has 1 N–H and O–H groups in total. The van der Waals surface area contributed by atoms with Gasteiger partial charge in [0.1, 0.15) is 0 Å². The van der Waals surface area contributed by atoms with Crippen molar-refractivity contribution in [3.8, 4) is 11.5 Å². The van der Waals surface area contributed by atoms with Crippen LogP contribution in [0.15, 0.2) is 24.3 Å². The second-order valence-electron chi connectivity index (χ2n) is 4.62. The largest absolute Gasteiger partial charge is 0.490 e. The van der Waals surface area contributed by atoms with Gasteiger partial charge in [0.2, 0.25) is 0 Å². The van der Waals surface area contributed by atoms with Crippen LogP contribution in [0.5, 0.6) is 11.5 Å². The Morgan fingerprint density at radius 3 is 2.62 bits per heavy atom. The molecule has 0 spiro atoms. The Balaban J connectivity index is 2.79. The van der Waals surface area contributed by atoms with Gasteiger partial charge in [0, 0.05) is 6.04 Å². The van der Waals surface area contributed by atoms with Gasteiger partial charge in [-0.2, -0.15) is 8.78 Å². The van der Waals surface area contributed by atoms with E-state index >= 15 is 0 Å². The zero-order valence-electron chi connectivity index (χ0n) is 12.7. The lowest BCUT2D eigenvalue weighted by atomic mass is 10.1. The second kappa shape index (κ2) is 9.34. The van der Waals surface area contributed by atoms with E-state index in [-0.39, 0.29) is 11.8 Å². The predicted octanol–water partition coefficient (Wildman–Crippen LogP) is 4.09. The summed E-state index contributed by atoms with van der Waals surface area (Å²) in [5, 5.41) is 3.34. The topological polar surface area (TPSA) is 30.5 Å². The zero-order chi connectivity index (χ0) is 15.7. The van der Waals surface area contributed by atoms with Gasteiger partial charge in [-0.15, -0.1) is 0 Å². The SMILES string of the molecule is CCCNC(C)/C=C/c1ccc(OC(F)F)c(OCC)c1. The summed E-state index contributed by atoms with van der Waals surface area (Å²) in [6.45, 7) is 4.45. The van der Waals surface area contributed by atoms with Crippen molar-refractivity contribution < 1.29 is 18.3 Å². The van der Waals surface area contributed by atoms with E-state index in [0.29, 0.717) is 12.4 Å². The van der Waals surface area contributed by atoms with Gasteiger partial charge in [0.05, 0.1) is 6.61 Å². The Hall–Kier alpha value is -1.62. The van der Waals surface area contributed by atoms with Crippen LogP contribution in [0.4, 0.5) is 8.78 Å². The molecule has 3 nitrogen and oxygen atoms in total. The van der Waals surface area contributed by atoms with Gasteiger partial charge in [-0.3, -0.25) is 0 Å². The molecule has 0 aliphatic heterocycles. The van der Waals surface area contributed by atoms with E-state index in [1.165, 1.54) is 6.07 Å². The van der Waals surface area contributed by atoms with E-state index < -0.39 is 6.61 Å². The monoisotopic (exact) mass is 299 g/mol. The first-order valence-electron chi connectivity index (χ1n) is 7.20. The van der Waals surface area contributed by atoms with Gasteiger partial charge in [-0.1, -0.05) is 25.1 Å². The zero-order valence-corrected chi connectivity index (χ0v) is 12.7. The van der Waals surface area contributed by atoms with E-state index in [4.69, 9.17) is 4.74 Å². The van der Waals surface area contributed by atoms with E-state index in [9.17, 15) is 8.78 Å². The molecule has 0 radical (unpaired) electrons. The quantitative estimate of drug-likeness (QED) is 0.745. The first-order chi connectivity index (χ1) is 10.1. The van der Waals surface area contributed by atoms with Crippen LogP contribution < -0.4 is 14.8 Å². The molecule has 1 unspecified atom stereocenters. The van der Waals surface area contributed by atoms with Crippen LogP contribution in [-0.2, 0) is 0 Å².